The molecule has 1 aromatic heterocycles. The van der Waals surface area contributed by atoms with Gasteiger partial charge >= 0.3 is 0 Å². The van der Waals surface area contributed by atoms with E-state index in [9.17, 15) is 14.4 Å². The monoisotopic (exact) mass is 422 g/mol. The van der Waals surface area contributed by atoms with E-state index in [1.807, 2.05) is 56.4 Å². The Morgan fingerprint density at radius 2 is 1.97 bits per heavy atom. The fourth-order valence-corrected chi connectivity index (χ4v) is 4.88. The zero-order valence-corrected chi connectivity index (χ0v) is 18.2. The van der Waals surface area contributed by atoms with Crippen molar-refractivity contribution >= 4 is 17.6 Å². The number of carbonyl (C=O) groups is 3. The van der Waals surface area contributed by atoms with Crippen LogP contribution in [0.2, 0.25) is 0 Å². The lowest BCUT2D eigenvalue weighted by molar-refractivity contribution is -0.132. The van der Waals surface area contributed by atoms with Crippen LogP contribution in [0.15, 0.2) is 48.8 Å². The van der Waals surface area contributed by atoms with Crippen molar-refractivity contribution in [1.29, 1.82) is 0 Å². The summed E-state index contributed by atoms with van der Waals surface area (Å²) in [6.45, 7) is 4.13. The Labute approximate surface area is 183 Å². The Morgan fingerprint density at radius 1 is 1.19 bits per heavy atom. The lowest BCUT2D eigenvalue weighted by Crippen LogP contribution is -2.57. The number of ether oxygens (including phenoxy) is 1. The van der Waals surface area contributed by atoms with Gasteiger partial charge in [-0.1, -0.05) is 44.2 Å². The average Bonchev–Trinajstić information content (AvgIpc) is 3.45. The Morgan fingerprint density at radius 3 is 2.71 bits per heavy atom. The lowest BCUT2D eigenvalue weighted by atomic mass is 9.88. The van der Waals surface area contributed by atoms with Gasteiger partial charge in [-0.05, 0) is 48.8 Å². The molecule has 0 bridgehead atoms. The van der Waals surface area contributed by atoms with Crippen molar-refractivity contribution in [2.75, 3.05) is 6.61 Å². The van der Waals surface area contributed by atoms with Gasteiger partial charge in [-0.15, -0.1) is 0 Å². The predicted octanol–water partition coefficient (Wildman–Crippen LogP) is 3.85. The summed E-state index contributed by atoms with van der Waals surface area (Å²) in [5, 5.41) is 3.02. The number of fused-ring (bicyclic) bond motifs is 1. The van der Waals surface area contributed by atoms with Gasteiger partial charge in [0.15, 0.2) is 5.78 Å². The highest BCUT2D eigenvalue weighted by Gasteiger charge is 2.55. The molecule has 0 spiro atoms. The van der Waals surface area contributed by atoms with Crippen molar-refractivity contribution in [3.63, 3.8) is 0 Å². The zero-order chi connectivity index (χ0) is 22.0. The molecule has 2 aliphatic rings. The van der Waals surface area contributed by atoms with Gasteiger partial charge in [-0.3, -0.25) is 19.0 Å². The third-order valence-electron chi connectivity index (χ3n) is 6.48. The summed E-state index contributed by atoms with van der Waals surface area (Å²) in [6.07, 6.45) is 6.25. The van der Waals surface area contributed by atoms with E-state index in [2.05, 4.69) is 5.32 Å². The van der Waals surface area contributed by atoms with Crippen molar-refractivity contribution in [3.8, 4) is 11.1 Å². The molecule has 1 amide bonds. The maximum Gasteiger partial charge on any atom is 0.231 e. The van der Waals surface area contributed by atoms with Gasteiger partial charge in [0.1, 0.15) is 12.1 Å². The molecule has 31 heavy (non-hydrogen) atoms. The molecule has 1 N–H and O–H groups in total. The second kappa shape index (κ2) is 8.79. The highest BCUT2D eigenvalue weighted by atomic mass is 16.5. The number of nitrogens with one attached hydrogen (secondary N) is 1. The summed E-state index contributed by atoms with van der Waals surface area (Å²) < 4.78 is 7.17. The molecule has 6 heteroatoms. The molecule has 2 heterocycles. The van der Waals surface area contributed by atoms with E-state index >= 15 is 0 Å². The number of Topliss-reactive ketones (excluding diaryl/α,β-unsaturated/α-hetero) is 1. The molecule has 1 aliphatic carbocycles. The highest BCUT2D eigenvalue weighted by molar-refractivity contribution is 5.97. The largest absolute Gasteiger partial charge is 0.367 e. The normalized spacial score (nSPS) is 23.7. The molecular weight excluding hydrogens is 392 g/mol. The van der Waals surface area contributed by atoms with Gasteiger partial charge in [0.05, 0.1) is 6.10 Å². The van der Waals surface area contributed by atoms with Crippen molar-refractivity contribution < 1.29 is 19.1 Å². The first-order chi connectivity index (χ1) is 14.9. The lowest BCUT2D eigenvalue weighted by Gasteiger charge is -2.30. The van der Waals surface area contributed by atoms with Gasteiger partial charge < -0.3 is 10.1 Å². The molecule has 1 aromatic carbocycles. The van der Waals surface area contributed by atoms with Crippen LogP contribution in [0.5, 0.6) is 0 Å². The summed E-state index contributed by atoms with van der Waals surface area (Å²) in [7, 11) is 0. The van der Waals surface area contributed by atoms with Crippen LogP contribution in [0.4, 0.5) is 0 Å². The number of nitrogens with zero attached hydrogens (tertiary/aromatic N) is 1. The van der Waals surface area contributed by atoms with Crippen LogP contribution in [0.1, 0.15) is 50.7 Å². The van der Waals surface area contributed by atoms with E-state index in [1.165, 1.54) is 0 Å². The number of aromatic nitrogens is 1. The van der Waals surface area contributed by atoms with Crippen molar-refractivity contribution in [2.45, 2.75) is 57.6 Å². The van der Waals surface area contributed by atoms with Crippen molar-refractivity contribution in [1.82, 2.24) is 9.88 Å². The number of hydrogen-bond donors (Lipinski definition) is 1. The van der Waals surface area contributed by atoms with Crippen LogP contribution in [0.25, 0.3) is 11.1 Å². The molecule has 2 fully saturated rings. The topological polar surface area (TPSA) is 77.4 Å². The third-order valence-corrected chi connectivity index (χ3v) is 6.48. The Bertz CT molecular complexity index is 965. The number of carbonyl (C=O) groups excluding carboxylic acids is 3. The molecule has 6 nitrogen and oxygen atoms in total. The summed E-state index contributed by atoms with van der Waals surface area (Å²) in [4.78, 5) is 38.8. The Balaban J connectivity index is 1.48. The smallest absolute Gasteiger partial charge is 0.231 e. The van der Waals surface area contributed by atoms with Gasteiger partial charge in [0, 0.05) is 24.7 Å². The minimum Gasteiger partial charge on any atom is -0.367 e. The maximum absolute atomic E-state index is 13.2. The van der Waals surface area contributed by atoms with E-state index in [4.69, 9.17) is 4.74 Å². The van der Waals surface area contributed by atoms with Crippen LogP contribution >= 0.6 is 0 Å². The van der Waals surface area contributed by atoms with Gasteiger partial charge in [-0.2, -0.15) is 0 Å². The number of rotatable bonds is 7. The molecule has 2 aromatic rings. The van der Waals surface area contributed by atoms with Crippen molar-refractivity contribution in [2.24, 2.45) is 11.8 Å². The minimum absolute atomic E-state index is 0.0455. The standard InChI is InChI=1S/C25H30N2O4/c1-17(2)13-20(24(30)26-25-11-6-9-22(25)31-16-21(25)28)14-23(29)27-12-10-19(15-27)18-7-4-3-5-8-18/h3-5,7-8,10,12,15,17,20,22H,6,9,11,13-14,16H2,1-2H3,(H,26,30). The third kappa shape index (κ3) is 4.35. The van der Waals surface area contributed by atoms with Crippen LogP contribution in [0.3, 0.4) is 0 Å². The quantitative estimate of drug-likeness (QED) is 0.735. The second-order valence-corrected chi connectivity index (χ2v) is 9.17. The first-order valence-corrected chi connectivity index (χ1v) is 11.1. The van der Waals surface area contributed by atoms with Gasteiger partial charge in [0.25, 0.3) is 0 Å². The first kappa shape index (κ1) is 21.5. The molecule has 0 radical (unpaired) electrons. The van der Waals surface area contributed by atoms with Crippen molar-refractivity contribution in [3.05, 3.63) is 48.8 Å². The zero-order valence-electron chi connectivity index (χ0n) is 18.2. The average molecular weight is 423 g/mol. The van der Waals surface area contributed by atoms with E-state index in [0.717, 1.165) is 24.0 Å². The molecular formula is C25H30N2O4. The highest BCUT2D eigenvalue weighted by Crippen LogP contribution is 2.38. The summed E-state index contributed by atoms with van der Waals surface area (Å²) in [5.41, 5.74) is 1.10. The van der Waals surface area contributed by atoms with Gasteiger partial charge in [-0.25, -0.2) is 0 Å². The second-order valence-electron chi connectivity index (χ2n) is 9.17. The van der Waals surface area contributed by atoms with E-state index in [-0.39, 0.29) is 42.6 Å². The Kier molecular flexibility index (Phi) is 6.10. The summed E-state index contributed by atoms with van der Waals surface area (Å²) >= 11 is 0. The number of ketones is 1. The number of benzene rings is 1. The molecule has 1 aliphatic heterocycles. The number of amides is 1. The Hall–Kier alpha value is -2.73. The fraction of sp³-hybridized carbons (Fsp3) is 0.480. The van der Waals surface area contributed by atoms with E-state index in [0.29, 0.717) is 12.8 Å². The van der Waals surface area contributed by atoms with Crippen LogP contribution < -0.4 is 5.32 Å². The molecule has 1 saturated carbocycles. The summed E-state index contributed by atoms with van der Waals surface area (Å²) in [5.74, 6) is -0.629. The molecule has 4 rings (SSSR count). The first-order valence-electron chi connectivity index (χ1n) is 11.1. The fourth-order valence-electron chi connectivity index (χ4n) is 4.88. The summed E-state index contributed by atoms with van der Waals surface area (Å²) in [6, 6.07) is 11.8. The van der Waals surface area contributed by atoms with Crippen LogP contribution in [-0.4, -0.2) is 40.4 Å². The minimum atomic E-state index is -0.900. The van der Waals surface area contributed by atoms with E-state index < -0.39 is 11.5 Å². The molecule has 3 unspecified atom stereocenters. The number of hydrogen-bond acceptors (Lipinski definition) is 4. The predicted molar refractivity (Wildman–Crippen MR) is 118 cm³/mol. The van der Waals surface area contributed by atoms with E-state index in [1.54, 1.807) is 10.8 Å². The molecule has 164 valence electrons. The van der Waals surface area contributed by atoms with Crippen LogP contribution in [0, 0.1) is 11.8 Å². The van der Waals surface area contributed by atoms with Crippen LogP contribution in [-0.2, 0) is 14.3 Å². The SMILES string of the molecule is CC(C)CC(CC(=O)n1ccc(-c2ccccc2)c1)C(=O)NC12CCCC1OCC2=O. The molecule has 1 saturated heterocycles. The van der Waals surface area contributed by atoms with Gasteiger partial charge in [0.2, 0.25) is 11.8 Å². The maximum atomic E-state index is 13.2. The molecule has 3 atom stereocenters.